The summed E-state index contributed by atoms with van der Waals surface area (Å²) in [5.41, 5.74) is 0.655. The Hall–Kier alpha value is -0.810. The predicted octanol–water partition coefficient (Wildman–Crippen LogP) is 4.97. The summed E-state index contributed by atoms with van der Waals surface area (Å²) >= 11 is 1.81. The van der Waals surface area contributed by atoms with Gasteiger partial charge in [0.2, 0.25) is 0 Å². The Morgan fingerprint density at radius 1 is 1.09 bits per heavy atom. The Balaban J connectivity index is 1.70. The van der Waals surface area contributed by atoms with E-state index in [0.29, 0.717) is 17.6 Å². The van der Waals surface area contributed by atoms with E-state index in [1.807, 2.05) is 11.9 Å². The molecule has 5 heteroatoms. The highest BCUT2D eigenvalue weighted by Gasteiger charge is 2.22. The minimum Gasteiger partial charge on any atom is -0.385 e. The van der Waals surface area contributed by atoms with Crippen LogP contribution in [0, 0.1) is 17.6 Å². The Labute approximate surface area is 136 Å². The molecule has 2 nitrogen and oxygen atoms in total. The van der Waals surface area contributed by atoms with Crippen molar-refractivity contribution >= 4 is 17.6 Å². The predicted molar refractivity (Wildman–Crippen MR) is 91.1 cm³/mol. The summed E-state index contributed by atoms with van der Waals surface area (Å²) < 4.78 is 29.8. The highest BCUT2D eigenvalue weighted by atomic mass is 32.2. The molecule has 0 unspecified atom stereocenters. The summed E-state index contributed by atoms with van der Waals surface area (Å²) in [7, 11) is 0. The van der Waals surface area contributed by atoms with Gasteiger partial charge in [0.25, 0.3) is 0 Å². The van der Waals surface area contributed by atoms with Gasteiger partial charge in [0, 0.05) is 23.0 Å². The Kier molecular flexibility index (Phi) is 6.09. The van der Waals surface area contributed by atoms with Crippen molar-refractivity contribution in [2.75, 3.05) is 11.9 Å². The normalized spacial score (nSPS) is 22.6. The van der Waals surface area contributed by atoms with Gasteiger partial charge in [0.05, 0.1) is 0 Å². The van der Waals surface area contributed by atoms with E-state index < -0.39 is 11.6 Å². The average molecular weight is 328 g/mol. The van der Waals surface area contributed by atoms with Gasteiger partial charge in [-0.1, -0.05) is 11.9 Å². The molecular weight excluding hydrogens is 302 g/mol. The van der Waals surface area contributed by atoms with Crippen LogP contribution in [0.3, 0.4) is 0 Å². The zero-order valence-corrected chi connectivity index (χ0v) is 14.4. The van der Waals surface area contributed by atoms with Crippen LogP contribution in [0.1, 0.15) is 46.5 Å². The third-order valence-corrected chi connectivity index (χ3v) is 4.96. The molecule has 124 valence electrons. The van der Waals surface area contributed by atoms with Crippen molar-refractivity contribution in [2.45, 2.75) is 57.2 Å². The molecule has 1 aromatic carbocycles. The number of anilines is 1. The first kappa shape index (κ1) is 17.5. The number of halogens is 2. The summed E-state index contributed by atoms with van der Waals surface area (Å²) in [6.07, 6.45) is 4.68. The second-order valence-electron chi connectivity index (χ2n) is 7.06. The van der Waals surface area contributed by atoms with Crippen LogP contribution >= 0.6 is 11.9 Å². The minimum atomic E-state index is -0.798. The SMILES string of the molecule is CC(C)(C)SNC1CCC(CNc2ccc(F)c(F)c2)CC1. The van der Waals surface area contributed by atoms with Crippen molar-refractivity contribution < 1.29 is 8.78 Å². The van der Waals surface area contributed by atoms with Crippen LogP contribution in [0.15, 0.2) is 18.2 Å². The second-order valence-corrected chi connectivity index (χ2v) is 8.72. The largest absolute Gasteiger partial charge is 0.385 e. The van der Waals surface area contributed by atoms with Crippen LogP contribution in [0.2, 0.25) is 0 Å². The van der Waals surface area contributed by atoms with Crippen LogP contribution in [-0.4, -0.2) is 17.3 Å². The van der Waals surface area contributed by atoms with E-state index in [4.69, 9.17) is 0 Å². The van der Waals surface area contributed by atoms with E-state index in [1.54, 1.807) is 6.07 Å². The van der Waals surface area contributed by atoms with E-state index in [9.17, 15) is 8.78 Å². The topological polar surface area (TPSA) is 24.1 Å². The van der Waals surface area contributed by atoms with Crippen molar-refractivity contribution in [3.63, 3.8) is 0 Å². The zero-order valence-electron chi connectivity index (χ0n) is 13.6. The van der Waals surface area contributed by atoms with Gasteiger partial charge < -0.3 is 5.32 Å². The molecule has 1 fully saturated rings. The summed E-state index contributed by atoms with van der Waals surface area (Å²) in [4.78, 5) is 0. The van der Waals surface area contributed by atoms with Gasteiger partial charge in [0.1, 0.15) is 0 Å². The molecule has 0 heterocycles. The first-order valence-electron chi connectivity index (χ1n) is 7.96. The number of hydrogen-bond acceptors (Lipinski definition) is 3. The molecule has 0 atom stereocenters. The fourth-order valence-corrected chi connectivity index (χ4v) is 3.37. The van der Waals surface area contributed by atoms with Crippen molar-refractivity contribution in [3.05, 3.63) is 29.8 Å². The summed E-state index contributed by atoms with van der Waals surface area (Å²) in [5.74, 6) is -0.989. The van der Waals surface area contributed by atoms with Gasteiger partial charge in [-0.15, -0.1) is 0 Å². The van der Waals surface area contributed by atoms with Crippen molar-refractivity contribution in [1.82, 2.24) is 4.72 Å². The monoisotopic (exact) mass is 328 g/mol. The molecule has 0 bridgehead atoms. The molecule has 0 spiro atoms. The molecule has 0 aromatic heterocycles. The molecule has 1 aliphatic rings. The maximum absolute atomic E-state index is 13.2. The minimum absolute atomic E-state index is 0.241. The van der Waals surface area contributed by atoms with E-state index in [1.165, 1.54) is 37.8 Å². The van der Waals surface area contributed by atoms with Gasteiger partial charge in [0.15, 0.2) is 11.6 Å². The average Bonchev–Trinajstić information content (AvgIpc) is 2.47. The number of nitrogens with one attached hydrogen (secondary N) is 2. The molecule has 2 rings (SSSR count). The fourth-order valence-electron chi connectivity index (χ4n) is 2.61. The molecule has 0 aliphatic heterocycles. The van der Waals surface area contributed by atoms with Crippen molar-refractivity contribution in [3.8, 4) is 0 Å². The Morgan fingerprint density at radius 3 is 2.36 bits per heavy atom. The van der Waals surface area contributed by atoms with E-state index in [2.05, 4.69) is 30.8 Å². The summed E-state index contributed by atoms with van der Waals surface area (Å²) in [6, 6.07) is 4.57. The highest BCUT2D eigenvalue weighted by molar-refractivity contribution is 7.98. The Bertz CT molecular complexity index is 480. The van der Waals surface area contributed by atoms with E-state index in [-0.39, 0.29) is 4.75 Å². The number of hydrogen-bond donors (Lipinski definition) is 2. The van der Waals surface area contributed by atoms with Crippen LogP contribution in [-0.2, 0) is 0 Å². The van der Waals surface area contributed by atoms with Gasteiger partial charge in [-0.3, -0.25) is 4.72 Å². The van der Waals surface area contributed by atoms with Gasteiger partial charge in [-0.2, -0.15) is 0 Å². The first-order chi connectivity index (χ1) is 10.3. The number of benzene rings is 1. The molecule has 1 aromatic rings. The lowest BCUT2D eigenvalue weighted by Crippen LogP contribution is -2.33. The zero-order chi connectivity index (χ0) is 16.2. The van der Waals surface area contributed by atoms with Crippen LogP contribution in [0.4, 0.5) is 14.5 Å². The first-order valence-corrected chi connectivity index (χ1v) is 8.77. The van der Waals surface area contributed by atoms with Crippen LogP contribution in [0.5, 0.6) is 0 Å². The third kappa shape index (κ3) is 5.76. The maximum Gasteiger partial charge on any atom is 0.160 e. The smallest absolute Gasteiger partial charge is 0.160 e. The fraction of sp³-hybridized carbons (Fsp3) is 0.647. The number of rotatable bonds is 5. The van der Waals surface area contributed by atoms with Crippen LogP contribution < -0.4 is 10.0 Å². The highest BCUT2D eigenvalue weighted by Crippen LogP contribution is 2.28. The summed E-state index contributed by atoms with van der Waals surface area (Å²) in [5, 5.41) is 3.22. The standard InChI is InChI=1S/C17H26F2N2S/c1-17(2,3)22-21-13-6-4-12(5-7-13)11-20-14-8-9-15(18)16(19)10-14/h8-10,12-13,20-21H,4-7,11H2,1-3H3. The molecule has 2 N–H and O–H groups in total. The lowest BCUT2D eigenvalue weighted by atomic mass is 9.86. The van der Waals surface area contributed by atoms with Crippen LogP contribution in [0.25, 0.3) is 0 Å². The third-order valence-electron chi connectivity index (χ3n) is 3.89. The van der Waals surface area contributed by atoms with Gasteiger partial charge >= 0.3 is 0 Å². The van der Waals surface area contributed by atoms with Crippen molar-refractivity contribution in [1.29, 1.82) is 0 Å². The van der Waals surface area contributed by atoms with Crippen molar-refractivity contribution in [2.24, 2.45) is 5.92 Å². The Morgan fingerprint density at radius 2 is 1.77 bits per heavy atom. The quantitative estimate of drug-likeness (QED) is 0.746. The molecule has 1 aliphatic carbocycles. The molecule has 0 saturated heterocycles. The van der Waals surface area contributed by atoms with E-state index >= 15 is 0 Å². The molecule has 0 amide bonds. The lowest BCUT2D eigenvalue weighted by molar-refractivity contribution is 0.328. The van der Waals surface area contributed by atoms with Gasteiger partial charge in [-0.25, -0.2) is 8.78 Å². The van der Waals surface area contributed by atoms with E-state index in [0.717, 1.165) is 6.54 Å². The summed E-state index contributed by atoms with van der Waals surface area (Å²) in [6.45, 7) is 7.45. The maximum atomic E-state index is 13.2. The molecule has 22 heavy (non-hydrogen) atoms. The van der Waals surface area contributed by atoms with Gasteiger partial charge in [-0.05, 0) is 70.6 Å². The second kappa shape index (κ2) is 7.64. The molecule has 1 saturated carbocycles. The lowest BCUT2D eigenvalue weighted by Gasteiger charge is -2.31. The molecular formula is C17H26F2N2S. The molecule has 0 radical (unpaired) electrons.